The van der Waals surface area contributed by atoms with E-state index < -0.39 is 0 Å². The standard InChI is InChI=1S/C14H22N6O2/c1-5-11-10(12(6-2)22-19-11)7-16-14(15-4)17-8-13-18-9(3)21-20-13/h5-8H2,1-4H3,(H2,15,16,17). The summed E-state index contributed by atoms with van der Waals surface area (Å²) in [5, 5.41) is 14.3. The monoisotopic (exact) mass is 306 g/mol. The van der Waals surface area contributed by atoms with E-state index in [1.54, 1.807) is 14.0 Å². The van der Waals surface area contributed by atoms with E-state index in [-0.39, 0.29) is 0 Å². The molecule has 22 heavy (non-hydrogen) atoms. The highest BCUT2D eigenvalue weighted by molar-refractivity contribution is 5.79. The third-order valence-electron chi connectivity index (χ3n) is 3.25. The molecule has 0 amide bonds. The fourth-order valence-corrected chi connectivity index (χ4v) is 2.11. The average Bonchev–Trinajstić information content (AvgIpc) is 3.13. The van der Waals surface area contributed by atoms with Crippen molar-refractivity contribution in [2.24, 2.45) is 4.99 Å². The van der Waals surface area contributed by atoms with Crippen LogP contribution in [0.2, 0.25) is 0 Å². The molecule has 0 aliphatic carbocycles. The first kappa shape index (κ1) is 16.0. The largest absolute Gasteiger partial charge is 0.361 e. The zero-order valence-corrected chi connectivity index (χ0v) is 13.4. The van der Waals surface area contributed by atoms with E-state index in [2.05, 4.69) is 44.8 Å². The quantitative estimate of drug-likeness (QED) is 0.613. The molecule has 8 heteroatoms. The molecule has 0 unspecified atom stereocenters. The second-order valence-electron chi connectivity index (χ2n) is 4.75. The number of hydrogen-bond donors (Lipinski definition) is 2. The number of guanidine groups is 1. The highest BCUT2D eigenvalue weighted by Gasteiger charge is 2.13. The Morgan fingerprint density at radius 1 is 1.09 bits per heavy atom. The third-order valence-corrected chi connectivity index (χ3v) is 3.25. The number of hydrogen-bond acceptors (Lipinski definition) is 6. The lowest BCUT2D eigenvalue weighted by Gasteiger charge is -2.10. The van der Waals surface area contributed by atoms with Crippen LogP contribution in [0.25, 0.3) is 0 Å². The predicted molar refractivity (Wildman–Crippen MR) is 81.3 cm³/mol. The summed E-state index contributed by atoms with van der Waals surface area (Å²) in [4.78, 5) is 8.31. The normalized spacial score (nSPS) is 11.7. The van der Waals surface area contributed by atoms with Crippen LogP contribution in [0.4, 0.5) is 0 Å². The Bertz CT molecular complexity index is 610. The van der Waals surface area contributed by atoms with Gasteiger partial charge in [-0.1, -0.05) is 24.2 Å². The molecule has 8 nitrogen and oxygen atoms in total. The lowest BCUT2D eigenvalue weighted by atomic mass is 10.1. The number of rotatable bonds is 6. The summed E-state index contributed by atoms with van der Waals surface area (Å²) in [6, 6.07) is 0. The Labute approximate surface area is 129 Å². The molecular formula is C14H22N6O2. The number of nitrogens with zero attached hydrogens (tertiary/aromatic N) is 4. The van der Waals surface area contributed by atoms with Crippen molar-refractivity contribution < 1.29 is 9.05 Å². The fourth-order valence-electron chi connectivity index (χ4n) is 2.11. The van der Waals surface area contributed by atoms with Crippen molar-refractivity contribution in [3.63, 3.8) is 0 Å². The first-order chi connectivity index (χ1) is 10.7. The van der Waals surface area contributed by atoms with E-state index in [0.717, 1.165) is 29.9 Å². The van der Waals surface area contributed by atoms with Gasteiger partial charge in [0.25, 0.3) is 0 Å². The number of aromatic nitrogens is 3. The Morgan fingerprint density at radius 3 is 2.45 bits per heavy atom. The van der Waals surface area contributed by atoms with Crippen molar-refractivity contribution in [3.05, 3.63) is 28.7 Å². The van der Waals surface area contributed by atoms with E-state index in [1.807, 2.05) is 0 Å². The maximum atomic E-state index is 5.35. The van der Waals surface area contributed by atoms with Gasteiger partial charge in [0.15, 0.2) is 11.8 Å². The van der Waals surface area contributed by atoms with Crippen LogP contribution in [0.3, 0.4) is 0 Å². The SMILES string of the molecule is CCc1noc(CC)c1CNC(=NC)NCc1noc(C)n1. The van der Waals surface area contributed by atoms with Gasteiger partial charge in [-0.15, -0.1) is 0 Å². The molecule has 0 saturated carbocycles. The summed E-state index contributed by atoms with van der Waals surface area (Å²) in [6.45, 7) is 6.93. The molecule has 0 aliphatic heterocycles. The van der Waals surface area contributed by atoms with E-state index in [4.69, 9.17) is 9.05 Å². The van der Waals surface area contributed by atoms with Crippen molar-refractivity contribution in [1.29, 1.82) is 0 Å². The molecule has 0 spiro atoms. The molecule has 0 radical (unpaired) electrons. The van der Waals surface area contributed by atoms with Crippen LogP contribution < -0.4 is 10.6 Å². The van der Waals surface area contributed by atoms with Gasteiger partial charge in [-0.2, -0.15) is 4.98 Å². The molecule has 2 N–H and O–H groups in total. The molecule has 0 fully saturated rings. The van der Waals surface area contributed by atoms with Crippen LogP contribution in [-0.2, 0) is 25.9 Å². The van der Waals surface area contributed by atoms with Gasteiger partial charge >= 0.3 is 0 Å². The van der Waals surface area contributed by atoms with Gasteiger partial charge in [0.2, 0.25) is 5.89 Å². The minimum atomic E-state index is 0.446. The average molecular weight is 306 g/mol. The maximum absolute atomic E-state index is 5.35. The molecule has 0 aromatic carbocycles. The molecule has 0 bridgehead atoms. The van der Waals surface area contributed by atoms with Crippen molar-refractivity contribution in [2.45, 2.75) is 46.7 Å². The molecular weight excluding hydrogens is 284 g/mol. The number of aryl methyl sites for hydroxylation is 3. The third kappa shape index (κ3) is 3.84. The molecule has 2 aromatic heterocycles. The van der Waals surface area contributed by atoms with Crippen molar-refractivity contribution >= 4 is 5.96 Å². The van der Waals surface area contributed by atoms with Gasteiger partial charge in [-0.25, -0.2) is 0 Å². The Morgan fingerprint density at radius 2 is 1.86 bits per heavy atom. The van der Waals surface area contributed by atoms with Crippen molar-refractivity contribution in [3.8, 4) is 0 Å². The van der Waals surface area contributed by atoms with Gasteiger partial charge in [-0.3, -0.25) is 4.99 Å². The molecule has 2 aromatic rings. The molecule has 0 atom stereocenters. The summed E-state index contributed by atoms with van der Waals surface area (Å²) in [5.41, 5.74) is 2.08. The Balaban J connectivity index is 1.92. The highest BCUT2D eigenvalue weighted by Crippen LogP contribution is 2.15. The van der Waals surface area contributed by atoms with Gasteiger partial charge in [0.1, 0.15) is 5.76 Å². The van der Waals surface area contributed by atoms with Crippen LogP contribution in [0.1, 0.15) is 42.6 Å². The van der Waals surface area contributed by atoms with Crippen LogP contribution in [0, 0.1) is 6.92 Å². The van der Waals surface area contributed by atoms with E-state index in [1.165, 1.54) is 0 Å². The maximum Gasteiger partial charge on any atom is 0.223 e. The topological polar surface area (TPSA) is 101 Å². The molecule has 2 rings (SSSR count). The van der Waals surface area contributed by atoms with Gasteiger partial charge < -0.3 is 19.7 Å². The first-order valence-electron chi connectivity index (χ1n) is 7.37. The van der Waals surface area contributed by atoms with Crippen LogP contribution in [-0.4, -0.2) is 28.3 Å². The van der Waals surface area contributed by atoms with Gasteiger partial charge in [-0.05, 0) is 6.42 Å². The minimum absolute atomic E-state index is 0.446. The predicted octanol–water partition coefficient (Wildman–Crippen LogP) is 1.36. The van der Waals surface area contributed by atoms with Crippen molar-refractivity contribution in [2.75, 3.05) is 7.05 Å². The van der Waals surface area contributed by atoms with E-state index in [0.29, 0.717) is 30.8 Å². The first-order valence-corrected chi connectivity index (χ1v) is 7.37. The molecule has 0 saturated heterocycles. The van der Waals surface area contributed by atoms with Crippen LogP contribution in [0.5, 0.6) is 0 Å². The summed E-state index contributed by atoms with van der Waals surface area (Å²) < 4.78 is 10.3. The summed E-state index contributed by atoms with van der Waals surface area (Å²) in [6.07, 6.45) is 1.66. The number of nitrogens with one attached hydrogen (secondary N) is 2. The summed E-state index contributed by atoms with van der Waals surface area (Å²) in [7, 11) is 1.71. The van der Waals surface area contributed by atoms with E-state index >= 15 is 0 Å². The lowest BCUT2D eigenvalue weighted by molar-refractivity contribution is 0.380. The fraction of sp³-hybridized carbons (Fsp3) is 0.571. The van der Waals surface area contributed by atoms with Crippen LogP contribution in [0.15, 0.2) is 14.0 Å². The van der Waals surface area contributed by atoms with Crippen LogP contribution >= 0.6 is 0 Å². The van der Waals surface area contributed by atoms with Gasteiger partial charge in [0, 0.05) is 32.5 Å². The highest BCUT2D eigenvalue weighted by atomic mass is 16.5. The second kappa shape index (κ2) is 7.58. The zero-order valence-electron chi connectivity index (χ0n) is 13.4. The smallest absolute Gasteiger partial charge is 0.223 e. The zero-order chi connectivity index (χ0) is 15.9. The van der Waals surface area contributed by atoms with Crippen molar-refractivity contribution in [1.82, 2.24) is 25.9 Å². The summed E-state index contributed by atoms with van der Waals surface area (Å²) >= 11 is 0. The molecule has 0 aliphatic rings. The Hall–Kier alpha value is -2.38. The summed E-state index contributed by atoms with van der Waals surface area (Å²) in [5.74, 6) is 2.71. The van der Waals surface area contributed by atoms with Gasteiger partial charge in [0.05, 0.1) is 12.2 Å². The molecule has 120 valence electrons. The lowest BCUT2D eigenvalue weighted by Crippen LogP contribution is -2.36. The Kier molecular flexibility index (Phi) is 5.51. The van der Waals surface area contributed by atoms with E-state index in [9.17, 15) is 0 Å². The molecule has 2 heterocycles. The second-order valence-corrected chi connectivity index (χ2v) is 4.75. The number of aliphatic imine (C=N–C) groups is 1. The minimum Gasteiger partial charge on any atom is -0.361 e.